The zero-order valence-corrected chi connectivity index (χ0v) is 32.3. The molecule has 0 fully saturated rings. The number of nitrogens with two attached hydrogens (primary N) is 2. The first-order valence-electron chi connectivity index (χ1n) is 20.9. The molecule has 0 bridgehead atoms. The molecular weight excluding hydrogens is 610 g/mol. The molecule has 2 atom stereocenters. The van der Waals surface area contributed by atoms with Crippen molar-refractivity contribution in [3.63, 3.8) is 0 Å². The summed E-state index contributed by atoms with van der Waals surface area (Å²) in [5.41, 5.74) is 11.3. The predicted octanol–water partition coefficient (Wildman–Crippen LogP) is 11.4. The van der Waals surface area contributed by atoms with Gasteiger partial charge in [0, 0.05) is 6.42 Å². The highest BCUT2D eigenvalue weighted by Crippen LogP contribution is 2.19. The Balaban J connectivity index is 4.36. The summed E-state index contributed by atoms with van der Waals surface area (Å²) >= 11 is 0. The summed E-state index contributed by atoms with van der Waals surface area (Å²) in [5.74, 6) is -1.40. The molecule has 0 aromatic carbocycles. The number of allylic oxidation sites excluding steroid dienone is 4. The highest BCUT2D eigenvalue weighted by Gasteiger charge is 2.25. The average Bonchev–Trinajstić information content (AvgIpc) is 3.07. The quantitative estimate of drug-likeness (QED) is 0.0219. The van der Waals surface area contributed by atoms with Gasteiger partial charge in [-0.05, 0) is 83.5 Å². The lowest BCUT2D eigenvalue weighted by molar-refractivity contribution is -0.153. The van der Waals surface area contributed by atoms with E-state index in [0.29, 0.717) is 0 Å². The molecule has 0 rings (SSSR count). The largest absolute Gasteiger partial charge is 0.481 e. The summed E-state index contributed by atoms with van der Waals surface area (Å²) in [6, 6.07) is -0.812. The van der Waals surface area contributed by atoms with Crippen LogP contribution in [0.5, 0.6) is 0 Å². The number of ether oxygens (including phenoxy) is 1. The fourth-order valence-electron chi connectivity index (χ4n) is 6.34. The Hall–Kier alpha value is -1.70. The van der Waals surface area contributed by atoms with Gasteiger partial charge in [-0.3, -0.25) is 14.9 Å². The number of nitrogens with one attached hydrogen (secondary N) is 1. The van der Waals surface area contributed by atoms with E-state index in [1.165, 1.54) is 148 Å². The van der Waals surface area contributed by atoms with Crippen LogP contribution in [0.15, 0.2) is 24.3 Å². The van der Waals surface area contributed by atoms with E-state index in [0.717, 1.165) is 38.5 Å². The molecule has 7 heteroatoms. The van der Waals surface area contributed by atoms with Crippen molar-refractivity contribution >= 4 is 11.9 Å². The van der Waals surface area contributed by atoms with Crippen LogP contribution in [0, 0.1) is 0 Å². The Morgan fingerprint density at radius 2 is 0.898 bits per heavy atom. The fourth-order valence-corrected chi connectivity index (χ4v) is 6.34. The van der Waals surface area contributed by atoms with Crippen molar-refractivity contribution in [1.82, 2.24) is 5.32 Å². The second kappa shape index (κ2) is 37.6. The molecule has 6 N–H and O–H groups in total. The molecule has 49 heavy (non-hydrogen) atoms. The van der Waals surface area contributed by atoms with Gasteiger partial charge in [-0.2, -0.15) is 0 Å². The van der Waals surface area contributed by atoms with Crippen LogP contribution in [-0.2, 0) is 14.3 Å². The second-order valence-electron chi connectivity index (χ2n) is 14.3. The number of carboxylic acid groups (broad SMARTS) is 1. The highest BCUT2D eigenvalue weighted by atomic mass is 16.5. The van der Waals surface area contributed by atoms with Gasteiger partial charge in [-0.1, -0.05) is 147 Å². The van der Waals surface area contributed by atoms with Crippen LogP contribution in [0.4, 0.5) is 0 Å². The summed E-state index contributed by atoms with van der Waals surface area (Å²) in [4.78, 5) is 24.2. The van der Waals surface area contributed by atoms with E-state index >= 15 is 0 Å². The van der Waals surface area contributed by atoms with Gasteiger partial charge in [0.2, 0.25) is 0 Å². The van der Waals surface area contributed by atoms with E-state index in [1.807, 2.05) is 0 Å². The van der Waals surface area contributed by atoms with E-state index in [9.17, 15) is 9.59 Å². The molecule has 0 aromatic rings. The topological polar surface area (TPSA) is 128 Å². The molecule has 0 amide bonds. The molecule has 0 radical (unpaired) electrons. The molecule has 7 nitrogen and oxygen atoms in total. The monoisotopic (exact) mass is 692 g/mol. The van der Waals surface area contributed by atoms with Crippen molar-refractivity contribution in [3.8, 4) is 0 Å². The maximum atomic E-state index is 13.0. The van der Waals surface area contributed by atoms with Crippen molar-refractivity contribution in [2.75, 3.05) is 0 Å². The first-order valence-corrected chi connectivity index (χ1v) is 20.9. The molecule has 0 spiro atoms. The van der Waals surface area contributed by atoms with E-state index in [1.54, 1.807) is 0 Å². The van der Waals surface area contributed by atoms with Gasteiger partial charge < -0.3 is 21.3 Å². The lowest BCUT2D eigenvalue weighted by Gasteiger charge is -2.24. The third-order valence-electron chi connectivity index (χ3n) is 9.43. The van der Waals surface area contributed by atoms with Crippen molar-refractivity contribution in [2.45, 2.75) is 231 Å². The third-order valence-corrected chi connectivity index (χ3v) is 9.43. The lowest BCUT2D eigenvalue weighted by Crippen LogP contribution is -2.53. The first kappa shape index (κ1) is 47.3. The SMILES string of the molecule is CCCCCCCC/C=C\CCCCCCCCC(CCCCCCC/C=C\CCCCCCCC)OC(=O)C(CCC(=O)O)NC(N)N. The number of carbonyl (C=O) groups is 2. The number of carbonyl (C=O) groups excluding carboxylic acids is 1. The summed E-state index contributed by atoms with van der Waals surface area (Å²) in [5, 5.41) is 11.9. The Morgan fingerprint density at radius 1 is 0.551 bits per heavy atom. The summed E-state index contributed by atoms with van der Waals surface area (Å²) < 4.78 is 5.97. The van der Waals surface area contributed by atoms with Gasteiger partial charge in [0.1, 0.15) is 18.4 Å². The molecule has 0 saturated heterocycles. The minimum atomic E-state index is -0.959. The van der Waals surface area contributed by atoms with Crippen LogP contribution in [0.1, 0.15) is 213 Å². The van der Waals surface area contributed by atoms with Crippen LogP contribution in [0.3, 0.4) is 0 Å². The van der Waals surface area contributed by atoms with Crippen LogP contribution in [0.2, 0.25) is 0 Å². The Bertz CT molecular complexity index is 786. The number of unbranched alkanes of at least 4 members (excludes halogenated alkanes) is 23. The van der Waals surface area contributed by atoms with Gasteiger partial charge in [0.05, 0.1) is 0 Å². The van der Waals surface area contributed by atoms with Crippen LogP contribution >= 0.6 is 0 Å². The maximum Gasteiger partial charge on any atom is 0.323 e. The Morgan fingerprint density at radius 3 is 1.24 bits per heavy atom. The molecular formula is C42H81N3O4. The van der Waals surface area contributed by atoms with Crippen molar-refractivity contribution in [3.05, 3.63) is 24.3 Å². The number of rotatable bonds is 38. The molecule has 2 unspecified atom stereocenters. The van der Waals surface area contributed by atoms with E-state index in [-0.39, 0.29) is 18.9 Å². The minimum Gasteiger partial charge on any atom is -0.481 e. The second-order valence-corrected chi connectivity index (χ2v) is 14.3. The summed E-state index contributed by atoms with van der Waals surface area (Å²) in [7, 11) is 0. The van der Waals surface area contributed by atoms with Crippen LogP contribution in [0.25, 0.3) is 0 Å². The standard InChI is InChI=1S/C42H81N3O4/c1-3-5-7-9-11-13-15-17-19-21-23-25-27-29-31-33-35-38(49-41(48)39(45-42(43)44)36-37-40(46)47)34-32-30-28-26-24-22-20-18-16-14-12-10-8-6-4-2/h17-20,38-39,42,45H,3-16,21-37,43-44H2,1-2H3,(H,46,47)/b19-17-,20-18-. The number of carboxylic acids is 1. The van der Waals surface area contributed by atoms with Crippen molar-refractivity contribution in [2.24, 2.45) is 11.5 Å². The lowest BCUT2D eigenvalue weighted by atomic mass is 10.0. The smallest absolute Gasteiger partial charge is 0.323 e. The molecule has 0 saturated carbocycles. The molecule has 0 heterocycles. The summed E-state index contributed by atoms with van der Waals surface area (Å²) in [6.45, 7) is 4.53. The van der Waals surface area contributed by atoms with Gasteiger partial charge in [-0.25, -0.2) is 0 Å². The molecule has 288 valence electrons. The average molecular weight is 692 g/mol. The predicted molar refractivity (Wildman–Crippen MR) is 209 cm³/mol. The van der Waals surface area contributed by atoms with Gasteiger partial charge in [0.15, 0.2) is 0 Å². The first-order chi connectivity index (χ1) is 23.9. The molecule has 0 aliphatic heterocycles. The maximum absolute atomic E-state index is 13.0. The normalized spacial score (nSPS) is 13.2. The van der Waals surface area contributed by atoms with Crippen LogP contribution < -0.4 is 16.8 Å². The van der Waals surface area contributed by atoms with E-state index < -0.39 is 24.3 Å². The third kappa shape index (κ3) is 35.9. The number of esters is 1. The van der Waals surface area contributed by atoms with Gasteiger partial charge >= 0.3 is 11.9 Å². The molecule has 0 aromatic heterocycles. The Labute approximate surface area is 303 Å². The van der Waals surface area contributed by atoms with Gasteiger partial charge in [-0.15, -0.1) is 0 Å². The van der Waals surface area contributed by atoms with Crippen molar-refractivity contribution < 1.29 is 19.4 Å². The molecule has 0 aliphatic rings. The van der Waals surface area contributed by atoms with Crippen LogP contribution in [-0.4, -0.2) is 35.5 Å². The van der Waals surface area contributed by atoms with Crippen molar-refractivity contribution in [1.29, 1.82) is 0 Å². The number of hydrogen-bond donors (Lipinski definition) is 4. The zero-order valence-electron chi connectivity index (χ0n) is 32.3. The minimum absolute atomic E-state index is 0.105. The molecule has 0 aliphatic carbocycles. The van der Waals surface area contributed by atoms with E-state index in [4.69, 9.17) is 21.3 Å². The number of hydrogen-bond acceptors (Lipinski definition) is 6. The Kier molecular flexibility index (Phi) is 36.2. The highest BCUT2D eigenvalue weighted by molar-refractivity contribution is 5.77. The number of aliphatic carboxylic acids is 1. The summed E-state index contributed by atoms with van der Waals surface area (Å²) in [6.07, 6.45) is 44.1. The van der Waals surface area contributed by atoms with Gasteiger partial charge in [0.25, 0.3) is 0 Å². The van der Waals surface area contributed by atoms with E-state index in [2.05, 4.69) is 43.5 Å². The fraction of sp³-hybridized carbons (Fsp3) is 0.857. The zero-order chi connectivity index (χ0) is 36.0.